The first kappa shape index (κ1) is 17.8. The molecular formula is C16H25ClN2O2. The van der Waals surface area contributed by atoms with E-state index in [1.165, 1.54) is 0 Å². The third-order valence-electron chi connectivity index (χ3n) is 3.88. The second kappa shape index (κ2) is 8.25. The summed E-state index contributed by atoms with van der Waals surface area (Å²) in [6.07, 6.45) is 2.19. The van der Waals surface area contributed by atoms with Crippen molar-refractivity contribution < 1.29 is 9.53 Å². The monoisotopic (exact) mass is 312 g/mol. The minimum Gasteiger partial charge on any atom is -0.483 e. The predicted octanol–water partition coefficient (Wildman–Crippen LogP) is 2.31. The van der Waals surface area contributed by atoms with Gasteiger partial charge in [-0.2, -0.15) is 0 Å². The molecular weight excluding hydrogens is 288 g/mol. The molecule has 1 aromatic rings. The molecule has 0 spiro atoms. The van der Waals surface area contributed by atoms with E-state index in [0.29, 0.717) is 6.04 Å². The molecule has 1 atom stereocenters. The SMILES string of the molecule is CNC1CCCN(C(=O)COc2cc(C)ccc2C)C1.Cl. The summed E-state index contributed by atoms with van der Waals surface area (Å²) < 4.78 is 5.69. The summed E-state index contributed by atoms with van der Waals surface area (Å²) in [5, 5.41) is 3.24. The van der Waals surface area contributed by atoms with Crippen LogP contribution in [0.25, 0.3) is 0 Å². The highest BCUT2D eigenvalue weighted by Gasteiger charge is 2.22. The topological polar surface area (TPSA) is 41.6 Å². The van der Waals surface area contributed by atoms with Crippen LogP contribution in [0.5, 0.6) is 5.75 Å². The summed E-state index contributed by atoms with van der Waals surface area (Å²) in [5.74, 6) is 0.881. The maximum absolute atomic E-state index is 12.2. The molecule has 1 fully saturated rings. The zero-order valence-electron chi connectivity index (χ0n) is 13.0. The van der Waals surface area contributed by atoms with Gasteiger partial charge in [-0.3, -0.25) is 4.79 Å². The zero-order valence-corrected chi connectivity index (χ0v) is 13.8. The number of benzene rings is 1. The Hall–Kier alpha value is -1.26. The van der Waals surface area contributed by atoms with Gasteiger partial charge in [0.2, 0.25) is 0 Å². The van der Waals surface area contributed by atoms with Gasteiger partial charge >= 0.3 is 0 Å². The molecule has 21 heavy (non-hydrogen) atoms. The Kier molecular flexibility index (Phi) is 6.99. The lowest BCUT2D eigenvalue weighted by Crippen LogP contribution is -2.48. The van der Waals surface area contributed by atoms with E-state index in [9.17, 15) is 4.79 Å². The van der Waals surface area contributed by atoms with Crippen molar-refractivity contribution in [1.82, 2.24) is 10.2 Å². The third-order valence-corrected chi connectivity index (χ3v) is 3.88. The van der Waals surface area contributed by atoms with Crippen LogP contribution in [0.3, 0.4) is 0 Å². The first-order valence-electron chi connectivity index (χ1n) is 7.25. The fourth-order valence-electron chi connectivity index (χ4n) is 2.53. The normalized spacial score (nSPS) is 18.0. The lowest BCUT2D eigenvalue weighted by Gasteiger charge is -2.32. The molecule has 4 nitrogen and oxygen atoms in total. The lowest BCUT2D eigenvalue weighted by molar-refractivity contribution is -0.134. The third kappa shape index (κ3) is 4.90. The van der Waals surface area contributed by atoms with Gasteiger partial charge in [0.1, 0.15) is 5.75 Å². The van der Waals surface area contributed by atoms with Crippen LogP contribution in [-0.2, 0) is 4.79 Å². The maximum Gasteiger partial charge on any atom is 0.260 e. The summed E-state index contributed by atoms with van der Waals surface area (Å²) in [5.41, 5.74) is 2.21. The number of likely N-dealkylation sites (N-methyl/N-ethyl adjacent to an activating group) is 1. The minimum atomic E-state index is 0. The second-order valence-electron chi connectivity index (χ2n) is 5.53. The number of aryl methyl sites for hydroxylation is 2. The number of ether oxygens (including phenoxy) is 1. The summed E-state index contributed by atoms with van der Waals surface area (Å²) >= 11 is 0. The number of likely N-dealkylation sites (tertiary alicyclic amines) is 1. The van der Waals surface area contributed by atoms with Crippen LogP contribution < -0.4 is 10.1 Å². The molecule has 0 bridgehead atoms. The predicted molar refractivity (Wildman–Crippen MR) is 87.3 cm³/mol. The standard InChI is InChI=1S/C16H24N2O2.ClH/c1-12-6-7-13(2)15(9-12)20-11-16(19)18-8-4-5-14(10-18)17-3;/h6-7,9,14,17H,4-5,8,10-11H2,1-3H3;1H. The Morgan fingerprint density at radius 3 is 2.90 bits per heavy atom. The van der Waals surface area contributed by atoms with Gasteiger partial charge in [-0.1, -0.05) is 12.1 Å². The lowest BCUT2D eigenvalue weighted by atomic mass is 10.1. The fraction of sp³-hybridized carbons (Fsp3) is 0.562. The van der Waals surface area contributed by atoms with Crippen molar-refractivity contribution in [3.05, 3.63) is 29.3 Å². The maximum atomic E-state index is 12.2. The van der Waals surface area contributed by atoms with E-state index in [-0.39, 0.29) is 24.9 Å². The molecule has 0 aromatic heterocycles. The van der Waals surface area contributed by atoms with E-state index in [4.69, 9.17) is 4.74 Å². The second-order valence-corrected chi connectivity index (χ2v) is 5.53. The molecule has 2 rings (SSSR count). The van der Waals surface area contributed by atoms with Gasteiger partial charge < -0.3 is 15.0 Å². The minimum absolute atomic E-state index is 0. The molecule has 0 saturated carbocycles. The summed E-state index contributed by atoms with van der Waals surface area (Å²) in [6, 6.07) is 6.46. The van der Waals surface area contributed by atoms with Gasteiger partial charge in [-0.25, -0.2) is 0 Å². The van der Waals surface area contributed by atoms with Crippen LogP contribution in [-0.4, -0.2) is 43.6 Å². The summed E-state index contributed by atoms with van der Waals surface area (Å²) in [4.78, 5) is 14.1. The number of halogens is 1. The molecule has 118 valence electrons. The van der Waals surface area contributed by atoms with Crippen LogP contribution in [0.4, 0.5) is 0 Å². The molecule has 1 aliphatic heterocycles. The number of piperidine rings is 1. The quantitative estimate of drug-likeness (QED) is 0.927. The van der Waals surface area contributed by atoms with Crippen molar-refractivity contribution in [2.75, 3.05) is 26.7 Å². The number of carbonyl (C=O) groups is 1. The number of nitrogens with zero attached hydrogens (tertiary/aromatic N) is 1. The van der Waals surface area contributed by atoms with Gasteiger partial charge in [0.25, 0.3) is 5.91 Å². The Morgan fingerprint density at radius 2 is 2.19 bits per heavy atom. The summed E-state index contributed by atoms with van der Waals surface area (Å²) in [6.45, 7) is 5.77. The van der Waals surface area contributed by atoms with Crippen LogP contribution >= 0.6 is 12.4 Å². The van der Waals surface area contributed by atoms with E-state index < -0.39 is 0 Å². The van der Waals surface area contributed by atoms with Gasteiger partial charge in [0.05, 0.1) is 0 Å². The number of nitrogens with one attached hydrogen (secondary N) is 1. The van der Waals surface area contributed by atoms with Crippen molar-refractivity contribution >= 4 is 18.3 Å². The van der Waals surface area contributed by atoms with Gasteiger partial charge in [0, 0.05) is 19.1 Å². The van der Waals surface area contributed by atoms with Crippen molar-refractivity contribution in [1.29, 1.82) is 0 Å². The molecule has 1 aliphatic rings. The molecule has 1 N–H and O–H groups in total. The molecule has 1 amide bonds. The molecule has 1 unspecified atom stereocenters. The van der Waals surface area contributed by atoms with Crippen LogP contribution in [0, 0.1) is 13.8 Å². The molecule has 5 heteroatoms. The van der Waals surface area contributed by atoms with Crippen LogP contribution in [0.15, 0.2) is 18.2 Å². The number of hydrogen-bond donors (Lipinski definition) is 1. The average Bonchev–Trinajstić information content (AvgIpc) is 2.48. The van der Waals surface area contributed by atoms with Gasteiger partial charge in [-0.05, 0) is 50.9 Å². The summed E-state index contributed by atoms with van der Waals surface area (Å²) in [7, 11) is 1.95. The van der Waals surface area contributed by atoms with Crippen molar-refractivity contribution in [2.24, 2.45) is 0 Å². The highest BCUT2D eigenvalue weighted by Crippen LogP contribution is 2.19. The number of hydrogen-bond acceptors (Lipinski definition) is 3. The Morgan fingerprint density at radius 1 is 1.43 bits per heavy atom. The average molecular weight is 313 g/mol. The van der Waals surface area contributed by atoms with Gasteiger partial charge in [-0.15, -0.1) is 12.4 Å². The molecule has 0 aliphatic carbocycles. The number of amides is 1. The Bertz CT molecular complexity index is 479. The van der Waals surface area contributed by atoms with Crippen LogP contribution in [0.1, 0.15) is 24.0 Å². The molecule has 1 heterocycles. The highest BCUT2D eigenvalue weighted by atomic mass is 35.5. The number of carbonyl (C=O) groups excluding carboxylic acids is 1. The molecule has 1 aromatic carbocycles. The fourth-order valence-corrected chi connectivity index (χ4v) is 2.53. The van der Waals surface area contributed by atoms with Gasteiger partial charge in [0.15, 0.2) is 6.61 Å². The highest BCUT2D eigenvalue weighted by molar-refractivity contribution is 5.85. The smallest absolute Gasteiger partial charge is 0.260 e. The number of rotatable bonds is 4. The largest absolute Gasteiger partial charge is 0.483 e. The Balaban J connectivity index is 0.00000220. The van der Waals surface area contributed by atoms with E-state index in [0.717, 1.165) is 42.8 Å². The van der Waals surface area contributed by atoms with Crippen molar-refractivity contribution in [3.8, 4) is 5.75 Å². The van der Waals surface area contributed by atoms with E-state index >= 15 is 0 Å². The van der Waals surface area contributed by atoms with Crippen molar-refractivity contribution in [3.63, 3.8) is 0 Å². The Labute approximate surface area is 133 Å². The molecule has 1 saturated heterocycles. The molecule has 0 radical (unpaired) electrons. The van der Waals surface area contributed by atoms with E-state index in [1.54, 1.807) is 0 Å². The zero-order chi connectivity index (χ0) is 14.5. The van der Waals surface area contributed by atoms with Crippen molar-refractivity contribution in [2.45, 2.75) is 32.7 Å². The first-order chi connectivity index (χ1) is 9.60. The van der Waals surface area contributed by atoms with E-state index in [1.807, 2.05) is 44.0 Å². The first-order valence-corrected chi connectivity index (χ1v) is 7.25. The van der Waals surface area contributed by atoms with E-state index in [2.05, 4.69) is 5.32 Å². The van der Waals surface area contributed by atoms with Crippen LogP contribution in [0.2, 0.25) is 0 Å².